The number of fused-ring (bicyclic) bond motifs is 6. The van der Waals surface area contributed by atoms with Crippen LogP contribution in [0.4, 0.5) is 5.69 Å². The quantitative estimate of drug-likeness (QED) is 0.172. The number of furan rings is 1. The fraction of sp³-hybridized carbons (Fsp3) is 0. The molecule has 0 saturated heterocycles. The summed E-state index contributed by atoms with van der Waals surface area (Å²) in [7, 11) is 0. The van der Waals surface area contributed by atoms with Crippen LogP contribution in [0.15, 0.2) is 168 Å². The molecular formula is C46H27N5O. The summed E-state index contributed by atoms with van der Waals surface area (Å²) in [5.74, 6) is 1.70. The van der Waals surface area contributed by atoms with Gasteiger partial charge in [-0.05, 0) is 47.5 Å². The topological polar surface area (TPSA) is 61.1 Å². The van der Waals surface area contributed by atoms with Crippen LogP contribution >= 0.6 is 0 Å². The molecule has 0 unspecified atom stereocenters. The van der Waals surface area contributed by atoms with Gasteiger partial charge in [0.25, 0.3) is 0 Å². The molecule has 0 amide bonds. The van der Waals surface area contributed by atoms with Crippen molar-refractivity contribution in [2.75, 3.05) is 0 Å². The van der Waals surface area contributed by atoms with Crippen molar-refractivity contribution in [1.29, 1.82) is 0 Å². The van der Waals surface area contributed by atoms with Crippen LogP contribution in [0, 0.1) is 6.57 Å². The normalized spacial score (nSPS) is 11.4. The molecule has 7 aromatic carbocycles. The van der Waals surface area contributed by atoms with Crippen LogP contribution < -0.4 is 0 Å². The number of hydrogen-bond acceptors (Lipinski definition) is 4. The average molecular weight is 666 g/mol. The maximum Gasteiger partial charge on any atom is 0.187 e. The molecule has 0 fully saturated rings. The predicted molar refractivity (Wildman–Crippen MR) is 209 cm³/mol. The molecule has 6 heteroatoms. The lowest BCUT2D eigenvalue weighted by molar-refractivity contribution is 0.669. The summed E-state index contributed by atoms with van der Waals surface area (Å²) in [6.07, 6.45) is 0. The van der Waals surface area contributed by atoms with Gasteiger partial charge in [0.1, 0.15) is 11.2 Å². The summed E-state index contributed by atoms with van der Waals surface area (Å²) in [4.78, 5) is 18.4. The number of para-hydroxylation sites is 2. The van der Waals surface area contributed by atoms with Crippen molar-refractivity contribution in [2.45, 2.75) is 0 Å². The van der Waals surface area contributed by atoms with Crippen LogP contribution in [0.1, 0.15) is 0 Å². The molecule has 52 heavy (non-hydrogen) atoms. The molecule has 0 spiro atoms. The van der Waals surface area contributed by atoms with Gasteiger partial charge in [0.15, 0.2) is 23.2 Å². The number of aromatic nitrogens is 4. The molecule has 0 aliphatic rings. The summed E-state index contributed by atoms with van der Waals surface area (Å²) in [5, 5.41) is 4.57. The van der Waals surface area contributed by atoms with Crippen LogP contribution in [0.3, 0.4) is 0 Å². The van der Waals surface area contributed by atoms with Crippen molar-refractivity contribution in [3.63, 3.8) is 0 Å². The van der Waals surface area contributed by atoms with E-state index in [-0.39, 0.29) is 0 Å². The van der Waals surface area contributed by atoms with Gasteiger partial charge in [-0.1, -0.05) is 127 Å². The highest BCUT2D eigenvalue weighted by Crippen LogP contribution is 2.40. The Morgan fingerprint density at radius 2 is 1.08 bits per heavy atom. The molecule has 0 saturated carbocycles. The zero-order valence-electron chi connectivity index (χ0n) is 27.7. The smallest absolute Gasteiger partial charge is 0.187 e. The Morgan fingerprint density at radius 1 is 0.462 bits per heavy atom. The molecule has 0 aliphatic heterocycles. The summed E-state index contributed by atoms with van der Waals surface area (Å²) in [6, 6.07) is 55.5. The van der Waals surface area contributed by atoms with Crippen LogP contribution in [0.25, 0.3) is 99.6 Å². The van der Waals surface area contributed by atoms with Crippen molar-refractivity contribution in [3.05, 3.63) is 175 Å². The first-order chi connectivity index (χ1) is 25.7. The zero-order valence-corrected chi connectivity index (χ0v) is 27.7. The lowest BCUT2D eigenvalue weighted by Gasteiger charge is -2.12. The van der Waals surface area contributed by atoms with Gasteiger partial charge < -0.3 is 8.98 Å². The fourth-order valence-corrected chi connectivity index (χ4v) is 7.25. The predicted octanol–water partition coefficient (Wildman–Crippen LogP) is 12.1. The van der Waals surface area contributed by atoms with E-state index in [4.69, 9.17) is 25.9 Å². The zero-order chi connectivity index (χ0) is 34.6. The van der Waals surface area contributed by atoms with Crippen molar-refractivity contribution in [2.24, 2.45) is 0 Å². The number of rotatable bonds is 5. The Morgan fingerprint density at radius 3 is 1.88 bits per heavy atom. The molecule has 0 bridgehead atoms. The fourth-order valence-electron chi connectivity index (χ4n) is 7.25. The Balaban J connectivity index is 1.16. The molecule has 3 aromatic heterocycles. The van der Waals surface area contributed by atoms with E-state index in [1.807, 2.05) is 66.7 Å². The minimum atomic E-state index is 0.549. The summed E-state index contributed by atoms with van der Waals surface area (Å²) in [6.45, 7) is 7.38. The van der Waals surface area contributed by atoms with E-state index in [1.165, 1.54) is 10.8 Å². The summed E-state index contributed by atoms with van der Waals surface area (Å²) in [5.41, 5.74) is 10.4. The SMILES string of the molecule is [C-]#[N+]c1ccc(-c2nc(-c3ccccc3)nc(-c3cccc(-n4c5ccccc5c5ccc(-c6cccc7oc8ccccc8c67)cc54)c3)n2)cc1. The van der Waals surface area contributed by atoms with Crippen molar-refractivity contribution in [3.8, 4) is 51.0 Å². The Bertz CT molecular complexity index is 3020. The maximum absolute atomic E-state index is 7.38. The van der Waals surface area contributed by atoms with Gasteiger partial charge in [0, 0.05) is 43.9 Å². The van der Waals surface area contributed by atoms with E-state index in [0.717, 1.165) is 66.5 Å². The molecular weight excluding hydrogens is 639 g/mol. The van der Waals surface area contributed by atoms with Gasteiger partial charge in [-0.25, -0.2) is 19.8 Å². The van der Waals surface area contributed by atoms with Crippen LogP contribution in [0.5, 0.6) is 0 Å². The number of nitrogens with zero attached hydrogens (tertiary/aromatic N) is 5. The van der Waals surface area contributed by atoms with Crippen molar-refractivity contribution >= 4 is 49.4 Å². The highest BCUT2D eigenvalue weighted by Gasteiger charge is 2.18. The molecule has 10 aromatic rings. The van der Waals surface area contributed by atoms with E-state index in [9.17, 15) is 0 Å². The molecule has 3 heterocycles. The lowest BCUT2D eigenvalue weighted by Crippen LogP contribution is -2.01. The van der Waals surface area contributed by atoms with E-state index < -0.39 is 0 Å². The third kappa shape index (κ3) is 4.84. The first kappa shape index (κ1) is 29.5. The van der Waals surface area contributed by atoms with Crippen LogP contribution in [-0.4, -0.2) is 19.5 Å². The second-order valence-electron chi connectivity index (χ2n) is 12.7. The van der Waals surface area contributed by atoms with Gasteiger partial charge in [0.2, 0.25) is 0 Å². The first-order valence-electron chi connectivity index (χ1n) is 17.1. The Kier molecular flexibility index (Phi) is 6.76. The largest absolute Gasteiger partial charge is 0.456 e. The Labute approximate surface area is 298 Å². The van der Waals surface area contributed by atoms with Crippen molar-refractivity contribution < 1.29 is 4.42 Å². The molecule has 0 N–H and O–H groups in total. The maximum atomic E-state index is 7.38. The standard InChI is InChI=1S/C46H27N5O/c1-47-33-24-21-30(22-25-33)45-48-44(29-11-3-2-4-12-29)49-46(50-45)32-13-9-14-34(27-32)51-39-18-7-5-15-36(39)37-26-23-31(28-40(37)51)35-17-10-20-42-43(35)38-16-6-8-19-41(38)52-42/h2-28H. The minimum Gasteiger partial charge on any atom is -0.456 e. The molecule has 6 nitrogen and oxygen atoms in total. The van der Waals surface area contributed by atoms with Crippen LogP contribution in [0.2, 0.25) is 0 Å². The van der Waals surface area contributed by atoms with Gasteiger partial charge in [-0.2, -0.15) is 0 Å². The second-order valence-corrected chi connectivity index (χ2v) is 12.7. The monoisotopic (exact) mass is 665 g/mol. The minimum absolute atomic E-state index is 0.549. The lowest BCUT2D eigenvalue weighted by atomic mass is 9.98. The highest BCUT2D eigenvalue weighted by molar-refractivity contribution is 6.14. The highest BCUT2D eigenvalue weighted by atomic mass is 16.3. The molecule has 0 atom stereocenters. The third-order valence-electron chi connectivity index (χ3n) is 9.67. The molecule has 0 radical (unpaired) electrons. The molecule has 10 rings (SSSR count). The van der Waals surface area contributed by atoms with Crippen molar-refractivity contribution in [1.82, 2.24) is 19.5 Å². The van der Waals surface area contributed by atoms with E-state index in [0.29, 0.717) is 23.2 Å². The van der Waals surface area contributed by atoms with Gasteiger partial charge in [-0.3, -0.25) is 0 Å². The first-order valence-corrected chi connectivity index (χ1v) is 17.1. The molecule has 242 valence electrons. The van der Waals surface area contributed by atoms with E-state index >= 15 is 0 Å². The number of hydrogen-bond donors (Lipinski definition) is 0. The van der Waals surface area contributed by atoms with Gasteiger partial charge in [0.05, 0.1) is 17.6 Å². The van der Waals surface area contributed by atoms with E-state index in [2.05, 4.69) is 94.3 Å². The Hall–Kier alpha value is -7.36. The van der Waals surface area contributed by atoms with Gasteiger partial charge in [-0.15, -0.1) is 0 Å². The molecule has 0 aliphatic carbocycles. The number of benzene rings is 7. The average Bonchev–Trinajstić information content (AvgIpc) is 3.77. The summed E-state index contributed by atoms with van der Waals surface area (Å²) < 4.78 is 8.58. The second kappa shape index (κ2) is 11.9. The van der Waals surface area contributed by atoms with Crippen LogP contribution in [-0.2, 0) is 0 Å². The van der Waals surface area contributed by atoms with Gasteiger partial charge >= 0.3 is 0 Å². The summed E-state index contributed by atoms with van der Waals surface area (Å²) >= 11 is 0. The van der Waals surface area contributed by atoms with E-state index in [1.54, 1.807) is 12.1 Å². The third-order valence-corrected chi connectivity index (χ3v) is 9.67.